The van der Waals surface area contributed by atoms with Gasteiger partial charge in [0.15, 0.2) is 9.84 Å². The van der Waals surface area contributed by atoms with E-state index in [0.717, 1.165) is 16.8 Å². The SMILES string of the molecule is O=S1(=O)CCC(Nc2ccc(CO)cc2)c2ccccc21. The Hall–Kier alpha value is -1.85. The molecule has 0 spiro atoms. The molecule has 1 heterocycles. The number of benzene rings is 2. The van der Waals surface area contributed by atoms with Crippen LogP contribution in [-0.4, -0.2) is 19.3 Å². The molecule has 1 atom stereocenters. The molecule has 4 nitrogen and oxygen atoms in total. The highest BCUT2D eigenvalue weighted by molar-refractivity contribution is 7.91. The normalized spacial score (nSPS) is 19.8. The number of aliphatic hydroxyl groups is 1. The van der Waals surface area contributed by atoms with Crippen molar-refractivity contribution in [1.82, 2.24) is 0 Å². The summed E-state index contributed by atoms with van der Waals surface area (Å²) in [4.78, 5) is 0.431. The molecule has 2 N–H and O–H groups in total. The summed E-state index contributed by atoms with van der Waals surface area (Å²) in [6.45, 7) is 0.0186. The molecule has 1 aliphatic heterocycles. The van der Waals surface area contributed by atoms with Gasteiger partial charge in [0.25, 0.3) is 0 Å². The lowest BCUT2D eigenvalue weighted by molar-refractivity contribution is 0.282. The Labute approximate surface area is 124 Å². The molecule has 1 unspecified atom stereocenters. The van der Waals surface area contributed by atoms with Crippen molar-refractivity contribution in [2.24, 2.45) is 0 Å². The quantitative estimate of drug-likeness (QED) is 0.914. The fourth-order valence-electron chi connectivity index (χ4n) is 2.65. The maximum Gasteiger partial charge on any atom is 0.178 e. The predicted molar refractivity (Wildman–Crippen MR) is 81.8 cm³/mol. The van der Waals surface area contributed by atoms with Crippen molar-refractivity contribution in [3.8, 4) is 0 Å². The predicted octanol–water partition coefficient (Wildman–Crippen LogP) is 2.51. The molecule has 5 heteroatoms. The van der Waals surface area contributed by atoms with Crippen LogP contribution in [0, 0.1) is 0 Å². The molecule has 1 aliphatic rings. The molecule has 3 rings (SSSR count). The van der Waals surface area contributed by atoms with Crippen LogP contribution < -0.4 is 5.32 Å². The smallest absolute Gasteiger partial charge is 0.178 e. The second kappa shape index (κ2) is 5.50. The molecule has 0 aromatic heterocycles. The summed E-state index contributed by atoms with van der Waals surface area (Å²) in [5.74, 6) is 0.163. The van der Waals surface area contributed by atoms with Gasteiger partial charge in [0.1, 0.15) is 0 Å². The highest BCUT2D eigenvalue weighted by atomic mass is 32.2. The fraction of sp³-hybridized carbons (Fsp3) is 0.250. The zero-order valence-electron chi connectivity index (χ0n) is 11.5. The zero-order valence-corrected chi connectivity index (χ0v) is 12.3. The Kier molecular flexibility index (Phi) is 3.69. The Morgan fingerprint density at radius 1 is 1.10 bits per heavy atom. The molecular formula is C16H17NO3S. The van der Waals surface area contributed by atoms with Crippen LogP contribution in [0.15, 0.2) is 53.4 Å². The molecule has 0 saturated heterocycles. The van der Waals surface area contributed by atoms with E-state index in [0.29, 0.717) is 11.3 Å². The van der Waals surface area contributed by atoms with Gasteiger partial charge < -0.3 is 10.4 Å². The van der Waals surface area contributed by atoms with Crippen LogP contribution in [-0.2, 0) is 16.4 Å². The molecule has 0 radical (unpaired) electrons. The largest absolute Gasteiger partial charge is 0.392 e. The average molecular weight is 303 g/mol. The standard InChI is InChI=1S/C16H17NO3S/c18-11-12-5-7-13(8-6-12)17-15-9-10-21(19,20)16-4-2-1-3-14(15)16/h1-8,15,17-18H,9-11H2. The third-order valence-electron chi connectivity index (χ3n) is 3.78. The molecule has 2 aromatic carbocycles. The number of anilines is 1. The van der Waals surface area contributed by atoms with Crippen molar-refractivity contribution in [3.63, 3.8) is 0 Å². The molecule has 0 saturated carbocycles. The van der Waals surface area contributed by atoms with Crippen molar-refractivity contribution in [1.29, 1.82) is 0 Å². The maximum absolute atomic E-state index is 12.1. The van der Waals surface area contributed by atoms with Gasteiger partial charge in [-0.2, -0.15) is 0 Å². The Balaban J connectivity index is 1.90. The first-order chi connectivity index (χ1) is 10.1. The van der Waals surface area contributed by atoms with Gasteiger partial charge in [-0.05, 0) is 35.7 Å². The van der Waals surface area contributed by atoms with Gasteiger partial charge in [-0.3, -0.25) is 0 Å². The van der Waals surface area contributed by atoms with Gasteiger partial charge in [0, 0.05) is 5.69 Å². The van der Waals surface area contributed by atoms with Gasteiger partial charge in [-0.15, -0.1) is 0 Å². The van der Waals surface area contributed by atoms with E-state index in [9.17, 15) is 8.42 Å². The number of nitrogens with one attached hydrogen (secondary N) is 1. The lowest BCUT2D eigenvalue weighted by Gasteiger charge is -2.27. The van der Waals surface area contributed by atoms with Crippen LogP contribution in [0.2, 0.25) is 0 Å². The van der Waals surface area contributed by atoms with E-state index in [2.05, 4.69) is 5.32 Å². The van der Waals surface area contributed by atoms with Crippen molar-refractivity contribution < 1.29 is 13.5 Å². The van der Waals surface area contributed by atoms with Gasteiger partial charge in [-0.1, -0.05) is 30.3 Å². The van der Waals surface area contributed by atoms with Crippen molar-refractivity contribution >= 4 is 15.5 Å². The second-order valence-electron chi connectivity index (χ2n) is 5.20. The van der Waals surface area contributed by atoms with Crippen LogP contribution in [0.4, 0.5) is 5.69 Å². The summed E-state index contributed by atoms with van der Waals surface area (Å²) in [5, 5.41) is 12.4. The van der Waals surface area contributed by atoms with Crippen LogP contribution in [0.1, 0.15) is 23.6 Å². The summed E-state index contributed by atoms with van der Waals surface area (Å²) >= 11 is 0. The lowest BCUT2D eigenvalue weighted by atomic mass is 10.0. The fourth-order valence-corrected chi connectivity index (χ4v) is 4.27. The summed E-state index contributed by atoms with van der Waals surface area (Å²) in [6.07, 6.45) is 0.557. The molecule has 2 aromatic rings. The summed E-state index contributed by atoms with van der Waals surface area (Å²) < 4.78 is 24.2. The number of hydrogen-bond donors (Lipinski definition) is 2. The van der Waals surface area contributed by atoms with Gasteiger partial charge in [0.05, 0.1) is 23.3 Å². The van der Waals surface area contributed by atoms with E-state index >= 15 is 0 Å². The van der Waals surface area contributed by atoms with Crippen LogP contribution >= 0.6 is 0 Å². The molecule has 21 heavy (non-hydrogen) atoms. The van der Waals surface area contributed by atoms with E-state index in [1.807, 2.05) is 36.4 Å². The second-order valence-corrected chi connectivity index (χ2v) is 7.27. The van der Waals surface area contributed by atoms with E-state index in [-0.39, 0.29) is 18.4 Å². The number of hydrogen-bond acceptors (Lipinski definition) is 4. The van der Waals surface area contributed by atoms with Crippen LogP contribution in [0.3, 0.4) is 0 Å². The van der Waals surface area contributed by atoms with E-state index < -0.39 is 9.84 Å². The van der Waals surface area contributed by atoms with Crippen LogP contribution in [0.5, 0.6) is 0 Å². The van der Waals surface area contributed by atoms with Gasteiger partial charge in [0.2, 0.25) is 0 Å². The topological polar surface area (TPSA) is 66.4 Å². The van der Waals surface area contributed by atoms with E-state index in [1.54, 1.807) is 12.1 Å². The number of aliphatic hydroxyl groups excluding tert-OH is 1. The minimum Gasteiger partial charge on any atom is -0.392 e. The Morgan fingerprint density at radius 3 is 2.52 bits per heavy atom. The van der Waals surface area contributed by atoms with Crippen molar-refractivity contribution in [3.05, 3.63) is 59.7 Å². The third kappa shape index (κ3) is 2.80. The number of sulfone groups is 1. The molecule has 0 amide bonds. The minimum absolute atomic E-state index is 0.00954. The van der Waals surface area contributed by atoms with Gasteiger partial charge in [-0.25, -0.2) is 8.42 Å². The molecular weight excluding hydrogens is 286 g/mol. The monoisotopic (exact) mass is 303 g/mol. The maximum atomic E-state index is 12.1. The Morgan fingerprint density at radius 2 is 1.81 bits per heavy atom. The first-order valence-electron chi connectivity index (χ1n) is 6.88. The summed E-state index contributed by atoms with van der Waals surface area (Å²) in [5.41, 5.74) is 2.61. The summed E-state index contributed by atoms with van der Waals surface area (Å²) in [7, 11) is -3.15. The third-order valence-corrected chi connectivity index (χ3v) is 5.60. The van der Waals surface area contributed by atoms with Crippen molar-refractivity contribution in [2.45, 2.75) is 24.0 Å². The van der Waals surface area contributed by atoms with E-state index in [4.69, 9.17) is 5.11 Å². The highest BCUT2D eigenvalue weighted by Crippen LogP contribution is 2.34. The molecule has 0 bridgehead atoms. The van der Waals surface area contributed by atoms with Crippen molar-refractivity contribution in [2.75, 3.05) is 11.1 Å². The molecule has 0 fully saturated rings. The number of rotatable bonds is 3. The highest BCUT2D eigenvalue weighted by Gasteiger charge is 2.29. The molecule has 0 aliphatic carbocycles. The first kappa shape index (κ1) is 14.1. The summed E-state index contributed by atoms with van der Waals surface area (Å²) in [6, 6.07) is 14.7. The number of fused-ring (bicyclic) bond motifs is 1. The van der Waals surface area contributed by atoms with Crippen LogP contribution in [0.25, 0.3) is 0 Å². The molecule has 110 valence electrons. The average Bonchev–Trinajstić information content (AvgIpc) is 2.51. The minimum atomic E-state index is -3.15. The van der Waals surface area contributed by atoms with E-state index in [1.165, 1.54) is 0 Å². The first-order valence-corrected chi connectivity index (χ1v) is 8.53. The lowest BCUT2D eigenvalue weighted by Crippen LogP contribution is -2.24. The Bertz CT molecular complexity index is 738. The zero-order chi connectivity index (χ0) is 14.9. The van der Waals surface area contributed by atoms with Gasteiger partial charge >= 0.3 is 0 Å².